The topological polar surface area (TPSA) is 36.4 Å². The Morgan fingerprint density at radius 3 is 2.28 bits per heavy atom. The first-order valence-electron chi connectivity index (χ1n) is 8.53. The highest BCUT2D eigenvalue weighted by atomic mass is 32.1. The molecular formula is C19H26FN3OS. The number of halogens is 1. The quantitative estimate of drug-likeness (QED) is 0.746. The van der Waals surface area contributed by atoms with Crippen molar-refractivity contribution < 1.29 is 9.18 Å². The van der Waals surface area contributed by atoms with E-state index in [-0.39, 0.29) is 11.7 Å². The molecule has 6 heteroatoms. The largest absolute Gasteiger partial charge is 0.349 e. The van der Waals surface area contributed by atoms with Crippen LogP contribution in [0.15, 0.2) is 29.6 Å². The molecule has 2 rings (SSSR count). The first-order chi connectivity index (χ1) is 11.8. The van der Waals surface area contributed by atoms with E-state index in [1.54, 1.807) is 28.4 Å². The van der Waals surface area contributed by atoms with Crippen LogP contribution < -0.4 is 9.80 Å². The van der Waals surface area contributed by atoms with Gasteiger partial charge in [0.05, 0.1) is 12.2 Å². The van der Waals surface area contributed by atoms with Crippen molar-refractivity contribution in [3.8, 4) is 0 Å². The van der Waals surface area contributed by atoms with Crippen LogP contribution in [0.3, 0.4) is 0 Å². The lowest BCUT2D eigenvalue weighted by molar-refractivity contribution is -0.125. The standard InChI is InChI=1S/C19H26FN3OS/c1-6-22(7-2)18-21-15(13-25-18)12-23(17(24)19(3,4)5)16-10-8-14(20)9-11-16/h8-11,13H,6-7,12H2,1-5H3. The van der Waals surface area contributed by atoms with Crippen LogP contribution in [0.4, 0.5) is 15.2 Å². The second-order valence-electron chi connectivity index (χ2n) is 6.91. The Bertz CT molecular complexity index is 702. The van der Waals surface area contributed by atoms with Gasteiger partial charge in [-0.3, -0.25) is 4.79 Å². The van der Waals surface area contributed by atoms with Gasteiger partial charge < -0.3 is 9.80 Å². The predicted molar refractivity (Wildman–Crippen MR) is 103 cm³/mol. The average Bonchev–Trinajstić information content (AvgIpc) is 3.02. The van der Waals surface area contributed by atoms with Gasteiger partial charge in [0.2, 0.25) is 5.91 Å². The van der Waals surface area contributed by atoms with E-state index in [1.165, 1.54) is 12.1 Å². The Hall–Kier alpha value is -1.95. The molecule has 0 spiro atoms. The lowest BCUT2D eigenvalue weighted by Crippen LogP contribution is -2.39. The molecule has 0 unspecified atom stereocenters. The number of rotatable bonds is 6. The fourth-order valence-corrected chi connectivity index (χ4v) is 3.42. The molecule has 0 aliphatic carbocycles. The number of carbonyl (C=O) groups is 1. The summed E-state index contributed by atoms with van der Waals surface area (Å²) in [5.41, 5.74) is 0.985. The zero-order valence-electron chi connectivity index (χ0n) is 15.5. The van der Waals surface area contributed by atoms with Gasteiger partial charge in [-0.25, -0.2) is 9.37 Å². The van der Waals surface area contributed by atoms with E-state index in [4.69, 9.17) is 0 Å². The van der Waals surface area contributed by atoms with E-state index in [1.807, 2.05) is 26.2 Å². The van der Waals surface area contributed by atoms with Gasteiger partial charge in [-0.2, -0.15) is 0 Å². The van der Waals surface area contributed by atoms with Crippen LogP contribution in [-0.2, 0) is 11.3 Å². The minimum absolute atomic E-state index is 0.0171. The van der Waals surface area contributed by atoms with Crippen molar-refractivity contribution in [2.45, 2.75) is 41.2 Å². The lowest BCUT2D eigenvalue weighted by Gasteiger charge is -2.29. The molecule has 0 radical (unpaired) electrons. The van der Waals surface area contributed by atoms with E-state index in [9.17, 15) is 9.18 Å². The smallest absolute Gasteiger partial charge is 0.232 e. The molecule has 1 amide bonds. The minimum atomic E-state index is -0.536. The molecule has 4 nitrogen and oxygen atoms in total. The molecule has 0 saturated heterocycles. The van der Waals surface area contributed by atoms with Crippen LogP contribution in [0.5, 0.6) is 0 Å². The molecular weight excluding hydrogens is 337 g/mol. The molecule has 25 heavy (non-hydrogen) atoms. The summed E-state index contributed by atoms with van der Waals surface area (Å²) in [6.07, 6.45) is 0. The highest BCUT2D eigenvalue weighted by Gasteiger charge is 2.29. The van der Waals surface area contributed by atoms with Crippen LogP contribution in [0.1, 0.15) is 40.3 Å². The van der Waals surface area contributed by atoms with Gasteiger partial charge >= 0.3 is 0 Å². The van der Waals surface area contributed by atoms with Crippen LogP contribution in [0.25, 0.3) is 0 Å². The minimum Gasteiger partial charge on any atom is -0.349 e. The fraction of sp³-hybridized carbons (Fsp3) is 0.474. The Kier molecular flexibility index (Phi) is 6.16. The second-order valence-corrected chi connectivity index (χ2v) is 7.75. The number of carbonyl (C=O) groups excluding carboxylic acids is 1. The number of thiazole rings is 1. The van der Waals surface area contributed by atoms with Crippen LogP contribution in [0.2, 0.25) is 0 Å². The molecule has 0 N–H and O–H groups in total. The van der Waals surface area contributed by atoms with Crippen molar-refractivity contribution in [2.24, 2.45) is 5.41 Å². The van der Waals surface area contributed by atoms with Crippen molar-refractivity contribution in [2.75, 3.05) is 22.9 Å². The highest BCUT2D eigenvalue weighted by molar-refractivity contribution is 7.13. The van der Waals surface area contributed by atoms with Crippen LogP contribution in [0, 0.1) is 11.2 Å². The molecule has 0 fully saturated rings. The summed E-state index contributed by atoms with van der Waals surface area (Å²) in [6.45, 7) is 12.0. The van der Waals surface area contributed by atoms with Gasteiger partial charge in [0.25, 0.3) is 0 Å². The lowest BCUT2D eigenvalue weighted by atomic mass is 9.94. The van der Waals surface area contributed by atoms with Gasteiger partial charge in [0.15, 0.2) is 5.13 Å². The second kappa shape index (κ2) is 7.95. The molecule has 136 valence electrons. The van der Waals surface area contributed by atoms with E-state index < -0.39 is 5.41 Å². The van der Waals surface area contributed by atoms with E-state index in [0.717, 1.165) is 23.9 Å². The summed E-state index contributed by atoms with van der Waals surface area (Å²) >= 11 is 1.58. The third-order valence-corrected chi connectivity index (χ3v) is 4.87. The molecule has 1 aromatic carbocycles. The average molecular weight is 364 g/mol. The van der Waals surface area contributed by atoms with E-state index >= 15 is 0 Å². The highest BCUT2D eigenvalue weighted by Crippen LogP contribution is 2.27. The van der Waals surface area contributed by atoms with Gasteiger partial charge in [0, 0.05) is 29.6 Å². The normalized spacial score (nSPS) is 11.4. The first-order valence-corrected chi connectivity index (χ1v) is 9.41. The van der Waals surface area contributed by atoms with E-state index in [0.29, 0.717) is 12.2 Å². The Labute approximate surface area is 153 Å². The van der Waals surface area contributed by atoms with Crippen LogP contribution >= 0.6 is 11.3 Å². The first kappa shape index (κ1) is 19.4. The number of hydrogen-bond donors (Lipinski definition) is 0. The maximum Gasteiger partial charge on any atom is 0.232 e. The van der Waals surface area contributed by atoms with Crippen molar-refractivity contribution in [1.82, 2.24) is 4.98 Å². The predicted octanol–water partition coefficient (Wildman–Crippen LogP) is 4.71. The number of anilines is 2. The number of hydrogen-bond acceptors (Lipinski definition) is 4. The van der Waals surface area contributed by atoms with E-state index in [2.05, 4.69) is 23.7 Å². The fourth-order valence-electron chi connectivity index (χ4n) is 2.48. The van der Waals surface area contributed by atoms with Gasteiger partial charge in [-0.1, -0.05) is 20.8 Å². The molecule has 1 heterocycles. The van der Waals surface area contributed by atoms with Crippen molar-refractivity contribution in [1.29, 1.82) is 0 Å². The van der Waals surface area contributed by atoms with Crippen molar-refractivity contribution in [3.63, 3.8) is 0 Å². The Morgan fingerprint density at radius 1 is 1.16 bits per heavy atom. The molecule has 0 atom stereocenters. The van der Waals surface area contributed by atoms with Crippen LogP contribution in [-0.4, -0.2) is 24.0 Å². The SMILES string of the molecule is CCN(CC)c1nc(CN(C(=O)C(C)(C)C)c2ccc(F)cc2)cs1. The third kappa shape index (κ3) is 4.78. The maximum atomic E-state index is 13.3. The third-order valence-electron chi connectivity index (χ3n) is 3.92. The maximum absolute atomic E-state index is 13.3. The zero-order chi connectivity index (χ0) is 18.6. The number of benzene rings is 1. The summed E-state index contributed by atoms with van der Waals surface area (Å²) in [4.78, 5) is 21.4. The number of amides is 1. The van der Waals surface area contributed by atoms with Gasteiger partial charge in [0.1, 0.15) is 5.82 Å². The Balaban J connectivity index is 2.30. The number of nitrogens with zero attached hydrogens (tertiary/aromatic N) is 3. The van der Waals surface area contributed by atoms with Gasteiger partial charge in [-0.05, 0) is 38.1 Å². The zero-order valence-corrected chi connectivity index (χ0v) is 16.4. The Morgan fingerprint density at radius 2 is 1.76 bits per heavy atom. The molecule has 0 bridgehead atoms. The monoisotopic (exact) mass is 363 g/mol. The molecule has 0 aliphatic rings. The summed E-state index contributed by atoms with van der Waals surface area (Å²) in [7, 11) is 0. The molecule has 0 aliphatic heterocycles. The molecule has 2 aromatic rings. The van der Waals surface area contributed by atoms with Crippen molar-refractivity contribution in [3.05, 3.63) is 41.2 Å². The summed E-state index contributed by atoms with van der Waals surface area (Å²) in [5.74, 6) is -0.333. The summed E-state index contributed by atoms with van der Waals surface area (Å²) in [6, 6.07) is 6.02. The summed E-state index contributed by atoms with van der Waals surface area (Å²) < 4.78 is 13.3. The van der Waals surface area contributed by atoms with Gasteiger partial charge in [-0.15, -0.1) is 11.3 Å². The molecule has 1 aromatic heterocycles. The summed E-state index contributed by atoms with van der Waals surface area (Å²) in [5, 5.41) is 2.95. The van der Waals surface area contributed by atoms with Crippen molar-refractivity contribution >= 4 is 28.1 Å². The molecule has 0 saturated carbocycles. The number of aromatic nitrogens is 1.